The Hall–Kier alpha value is -2.78. The first-order chi connectivity index (χ1) is 12.2. The van der Waals surface area contributed by atoms with E-state index in [1.807, 2.05) is 60.7 Å². The van der Waals surface area contributed by atoms with E-state index in [-0.39, 0.29) is 0 Å². The molecule has 0 spiro atoms. The summed E-state index contributed by atoms with van der Waals surface area (Å²) in [4.78, 5) is 11.6. The van der Waals surface area contributed by atoms with Crippen molar-refractivity contribution in [3.63, 3.8) is 0 Å². The lowest BCUT2D eigenvalue weighted by molar-refractivity contribution is 0.0601. The van der Waals surface area contributed by atoms with Crippen LogP contribution in [-0.4, -0.2) is 13.1 Å². The van der Waals surface area contributed by atoms with Crippen LogP contribution in [0.2, 0.25) is 5.02 Å². The summed E-state index contributed by atoms with van der Waals surface area (Å²) in [6, 6.07) is 23.0. The molecule has 0 aliphatic rings. The summed E-state index contributed by atoms with van der Waals surface area (Å²) in [6.45, 7) is 0.528. The van der Waals surface area contributed by atoms with Crippen molar-refractivity contribution >= 4 is 17.6 Å². The summed E-state index contributed by atoms with van der Waals surface area (Å²) in [7, 11) is 1.33. The summed E-state index contributed by atoms with van der Waals surface area (Å²) in [5.74, 6) is 0.353. The topological polar surface area (TPSA) is 35.5 Å². The second-order valence-corrected chi connectivity index (χ2v) is 5.89. The molecule has 0 heterocycles. The van der Waals surface area contributed by atoms with Crippen molar-refractivity contribution in [3.05, 3.63) is 88.9 Å². The Kier molecular flexibility index (Phi) is 5.36. The van der Waals surface area contributed by atoms with Gasteiger partial charge in [0, 0.05) is 0 Å². The molecule has 0 saturated carbocycles. The first-order valence-electron chi connectivity index (χ1n) is 7.82. The minimum absolute atomic E-state index is 0.357. The highest BCUT2D eigenvalue weighted by Gasteiger charge is 2.11. The van der Waals surface area contributed by atoms with E-state index in [0.29, 0.717) is 17.2 Å². The lowest BCUT2D eigenvalue weighted by Crippen LogP contribution is -2.01. The standard InChI is InChI=1S/C21H17ClO3/c1-24-21(23)19-12-9-17(13-20(19)22)16-7-10-18(11-8-16)25-14-15-5-3-2-4-6-15/h2-13H,14H2,1H3. The van der Waals surface area contributed by atoms with Crippen LogP contribution in [0.1, 0.15) is 15.9 Å². The number of rotatable bonds is 5. The highest BCUT2D eigenvalue weighted by molar-refractivity contribution is 6.33. The van der Waals surface area contributed by atoms with Crippen LogP contribution in [-0.2, 0) is 11.3 Å². The monoisotopic (exact) mass is 352 g/mol. The van der Waals surface area contributed by atoms with Crippen LogP contribution in [0.25, 0.3) is 11.1 Å². The number of halogens is 1. The molecule has 126 valence electrons. The van der Waals surface area contributed by atoms with Crippen LogP contribution in [0.15, 0.2) is 72.8 Å². The number of ether oxygens (including phenoxy) is 2. The molecule has 0 bridgehead atoms. The van der Waals surface area contributed by atoms with Gasteiger partial charge in [-0.15, -0.1) is 0 Å². The van der Waals surface area contributed by atoms with E-state index in [1.54, 1.807) is 12.1 Å². The molecule has 0 amide bonds. The van der Waals surface area contributed by atoms with Gasteiger partial charge in [-0.25, -0.2) is 4.79 Å². The number of methoxy groups -OCH3 is 1. The molecule has 3 aromatic rings. The third-order valence-electron chi connectivity index (χ3n) is 3.81. The van der Waals surface area contributed by atoms with Gasteiger partial charge in [-0.1, -0.05) is 60.1 Å². The lowest BCUT2D eigenvalue weighted by atomic mass is 10.0. The van der Waals surface area contributed by atoms with Gasteiger partial charge in [0.1, 0.15) is 12.4 Å². The predicted molar refractivity (Wildman–Crippen MR) is 99.0 cm³/mol. The molecular formula is C21H17ClO3. The quantitative estimate of drug-likeness (QED) is 0.579. The Morgan fingerprint density at radius 3 is 2.24 bits per heavy atom. The molecule has 0 atom stereocenters. The van der Waals surface area contributed by atoms with Crippen molar-refractivity contribution in [2.24, 2.45) is 0 Å². The van der Waals surface area contributed by atoms with Gasteiger partial charge in [-0.3, -0.25) is 0 Å². The van der Waals surface area contributed by atoms with E-state index >= 15 is 0 Å². The first-order valence-corrected chi connectivity index (χ1v) is 8.20. The fourth-order valence-corrected chi connectivity index (χ4v) is 2.71. The van der Waals surface area contributed by atoms with Gasteiger partial charge >= 0.3 is 5.97 Å². The molecule has 3 nitrogen and oxygen atoms in total. The van der Waals surface area contributed by atoms with Gasteiger partial charge in [0.25, 0.3) is 0 Å². The van der Waals surface area contributed by atoms with Crippen molar-refractivity contribution in [1.29, 1.82) is 0 Å². The molecule has 25 heavy (non-hydrogen) atoms. The van der Waals surface area contributed by atoms with Gasteiger partial charge in [-0.05, 0) is 41.0 Å². The molecule has 0 fully saturated rings. The molecule has 3 aromatic carbocycles. The number of carbonyl (C=O) groups excluding carboxylic acids is 1. The van der Waals surface area contributed by atoms with Crippen LogP contribution < -0.4 is 4.74 Å². The van der Waals surface area contributed by atoms with Crippen LogP contribution in [0.5, 0.6) is 5.75 Å². The minimum Gasteiger partial charge on any atom is -0.489 e. The van der Waals surface area contributed by atoms with Crippen molar-refractivity contribution in [2.45, 2.75) is 6.61 Å². The number of benzene rings is 3. The van der Waals surface area contributed by atoms with Crippen molar-refractivity contribution < 1.29 is 14.3 Å². The molecular weight excluding hydrogens is 336 g/mol. The maximum Gasteiger partial charge on any atom is 0.339 e. The zero-order valence-corrected chi connectivity index (χ0v) is 14.5. The Morgan fingerprint density at radius 2 is 1.60 bits per heavy atom. The fraction of sp³-hybridized carbons (Fsp3) is 0.0952. The SMILES string of the molecule is COC(=O)c1ccc(-c2ccc(OCc3ccccc3)cc2)cc1Cl. The molecule has 0 radical (unpaired) electrons. The predicted octanol–water partition coefficient (Wildman–Crippen LogP) is 5.37. The molecule has 4 heteroatoms. The zero-order chi connectivity index (χ0) is 17.6. The molecule has 0 saturated heterocycles. The summed E-state index contributed by atoms with van der Waals surface area (Å²) < 4.78 is 10.5. The number of carbonyl (C=O) groups is 1. The van der Waals surface area contributed by atoms with Crippen molar-refractivity contribution in [2.75, 3.05) is 7.11 Å². The average Bonchev–Trinajstić information content (AvgIpc) is 2.67. The van der Waals surface area contributed by atoms with E-state index in [2.05, 4.69) is 0 Å². The summed E-state index contributed by atoms with van der Waals surface area (Å²) >= 11 is 6.18. The van der Waals surface area contributed by atoms with Gasteiger partial charge < -0.3 is 9.47 Å². The normalized spacial score (nSPS) is 10.3. The van der Waals surface area contributed by atoms with Crippen LogP contribution in [0.3, 0.4) is 0 Å². The lowest BCUT2D eigenvalue weighted by Gasteiger charge is -2.09. The molecule has 0 aromatic heterocycles. The minimum atomic E-state index is -0.443. The zero-order valence-electron chi connectivity index (χ0n) is 13.7. The fourth-order valence-electron chi connectivity index (χ4n) is 2.45. The number of hydrogen-bond donors (Lipinski definition) is 0. The summed E-state index contributed by atoms with van der Waals surface area (Å²) in [5, 5.41) is 0.369. The van der Waals surface area contributed by atoms with Crippen LogP contribution in [0.4, 0.5) is 0 Å². The smallest absolute Gasteiger partial charge is 0.339 e. The van der Waals surface area contributed by atoms with Gasteiger partial charge in [0.15, 0.2) is 0 Å². The van der Waals surface area contributed by atoms with Crippen molar-refractivity contribution in [3.8, 4) is 16.9 Å². The highest BCUT2D eigenvalue weighted by Crippen LogP contribution is 2.27. The largest absolute Gasteiger partial charge is 0.489 e. The first kappa shape index (κ1) is 17.1. The van der Waals surface area contributed by atoms with E-state index in [1.165, 1.54) is 7.11 Å². The Bertz CT molecular complexity index is 858. The van der Waals surface area contributed by atoms with Crippen LogP contribution in [0, 0.1) is 0 Å². The van der Waals surface area contributed by atoms with E-state index < -0.39 is 5.97 Å². The molecule has 0 aliphatic carbocycles. The molecule has 0 aliphatic heterocycles. The highest BCUT2D eigenvalue weighted by atomic mass is 35.5. The second-order valence-electron chi connectivity index (χ2n) is 5.48. The number of esters is 1. The second kappa shape index (κ2) is 7.86. The third kappa shape index (κ3) is 4.20. The Balaban J connectivity index is 1.72. The Labute approximate surface area is 151 Å². The molecule has 0 unspecified atom stereocenters. The van der Waals surface area contributed by atoms with Gasteiger partial charge in [0.2, 0.25) is 0 Å². The number of hydrogen-bond acceptors (Lipinski definition) is 3. The van der Waals surface area contributed by atoms with E-state index in [0.717, 1.165) is 22.4 Å². The maximum absolute atomic E-state index is 11.6. The Morgan fingerprint density at radius 1 is 0.920 bits per heavy atom. The maximum atomic E-state index is 11.6. The van der Waals surface area contributed by atoms with Gasteiger partial charge in [0.05, 0.1) is 17.7 Å². The average molecular weight is 353 g/mol. The van der Waals surface area contributed by atoms with E-state index in [4.69, 9.17) is 21.1 Å². The van der Waals surface area contributed by atoms with Gasteiger partial charge in [-0.2, -0.15) is 0 Å². The van der Waals surface area contributed by atoms with E-state index in [9.17, 15) is 4.79 Å². The van der Waals surface area contributed by atoms with Crippen LogP contribution >= 0.6 is 11.6 Å². The molecule has 3 rings (SSSR count). The van der Waals surface area contributed by atoms with Crippen molar-refractivity contribution in [1.82, 2.24) is 0 Å². The third-order valence-corrected chi connectivity index (χ3v) is 4.12. The summed E-state index contributed by atoms with van der Waals surface area (Å²) in [5.41, 5.74) is 3.39. The summed E-state index contributed by atoms with van der Waals surface area (Å²) in [6.07, 6.45) is 0. The molecule has 0 N–H and O–H groups in total.